The number of hydrogen-bond acceptors (Lipinski definition) is 9. The largest absolute Gasteiger partial charge is 0.512 e. The molecule has 0 unspecified atom stereocenters. The molecule has 0 radical (unpaired) electrons. The van der Waals surface area contributed by atoms with Gasteiger partial charge in [0.2, 0.25) is 0 Å². The Hall–Kier alpha value is -4.50. The molecule has 0 saturated heterocycles. The van der Waals surface area contributed by atoms with Gasteiger partial charge in [0.25, 0.3) is 0 Å². The number of carbonyl (C=O) groups excluding carboxylic acids is 4. The third-order valence-corrected chi connectivity index (χ3v) is 6.90. The number of esters is 2. The van der Waals surface area contributed by atoms with Crippen LogP contribution in [-0.2, 0) is 44.4 Å². The molecule has 0 spiro atoms. The van der Waals surface area contributed by atoms with Crippen LogP contribution in [0.3, 0.4) is 0 Å². The first-order chi connectivity index (χ1) is 24.5. The third-order valence-electron chi connectivity index (χ3n) is 6.90. The second-order valence-electron chi connectivity index (χ2n) is 11.4. The van der Waals surface area contributed by atoms with Crippen molar-refractivity contribution in [3.63, 3.8) is 0 Å². The molecule has 0 atom stereocenters. The predicted molar refractivity (Wildman–Crippen MR) is 198 cm³/mol. The first-order valence-corrected chi connectivity index (χ1v) is 17.1. The molecule has 0 fully saturated rings. The van der Waals surface area contributed by atoms with Crippen molar-refractivity contribution in [2.75, 3.05) is 26.4 Å². The zero-order valence-corrected chi connectivity index (χ0v) is 31.8. The van der Waals surface area contributed by atoms with Crippen LogP contribution >= 0.6 is 0 Å². The fourth-order valence-electron chi connectivity index (χ4n) is 4.26. The molecule has 0 heterocycles. The van der Waals surface area contributed by atoms with Crippen molar-refractivity contribution in [2.24, 2.45) is 0 Å². The summed E-state index contributed by atoms with van der Waals surface area (Å²) in [6.45, 7) is 11.7. The fourth-order valence-corrected chi connectivity index (χ4v) is 4.26. The molecule has 11 nitrogen and oxygen atoms in total. The number of aliphatic hydroxyl groups is 2. The van der Waals surface area contributed by atoms with Gasteiger partial charge in [0.15, 0.2) is 5.75 Å². The van der Waals surface area contributed by atoms with Crippen molar-refractivity contribution in [1.82, 2.24) is 0 Å². The Kier molecular flexibility index (Phi) is 27.5. The van der Waals surface area contributed by atoms with Crippen molar-refractivity contribution in [3.8, 4) is 11.5 Å². The summed E-state index contributed by atoms with van der Waals surface area (Å²) in [6, 6.07) is 13.8. The zero-order chi connectivity index (χ0) is 37.7. The molecule has 0 amide bonds. The van der Waals surface area contributed by atoms with E-state index in [0.717, 1.165) is 70.0 Å². The molecule has 2 rings (SSSR count). The molecular formula is C40H54O11Pd+2. The van der Waals surface area contributed by atoms with Crippen LogP contribution in [-0.4, -0.2) is 69.7 Å². The number of hydrogen-bond donors (Lipinski definition) is 2. The maximum atomic E-state index is 10.8. The monoisotopic (exact) mass is 816 g/mol. The zero-order valence-electron chi connectivity index (χ0n) is 30.2. The van der Waals surface area contributed by atoms with Crippen LogP contribution < -0.4 is 9.62 Å². The van der Waals surface area contributed by atoms with Gasteiger partial charge in [-0.1, -0.05) is 51.7 Å². The molecule has 0 aliphatic rings. The summed E-state index contributed by atoms with van der Waals surface area (Å²) >= 11 is 0. The quantitative estimate of drug-likeness (QED) is 0.0116. The van der Waals surface area contributed by atoms with Gasteiger partial charge in [-0.15, -0.1) is 0 Å². The van der Waals surface area contributed by atoms with Gasteiger partial charge in [0, 0.05) is 32.6 Å². The number of allylic oxidation sites excluding steroid dienone is 4. The van der Waals surface area contributed by atoms with E-state index < -0.39 is 0 Å². The van der Waals surface area contributed by atoms with Crippen LogP contribution in [0.1, 0.15) is 89.2 Å². The van der Waals surface area contributed by atoms with E-state index in [0.29, 0.717) is 43.3 Å². The van der Waals surface area contributed by atoms with E-state index in [1.807, 2.05) is 0 Å². The normalized spacial score (nSPS) is 10.8. The number of carbonyl (C=O) groups is 2. The van der Waals surface area contributed by atoms with Crippen LogP contribution in [0.15, 0.2) is 97.5 Å². The van der Waals surface area contributed by atoms with Crippen LogP contribution in [0.5, 0.6) is 11.5 Å². The third kappa shape index (κ3) is 24.6. The average molecular weight is 817 g/mol. The number of ether oxygens (including phenoxy) is 3. The minimum atomic E-state index is -0.378. The van der Waals surface area contributed by atoms with Gasteiger partial charge in [-0.2, -0.15) is 4.89 Å². The molecule has 0 aliphatic carbocycles. The molecule has 4 N–H and O–H groups in total. The number of benzene rings is 2. The van der Waals surface area contributed by atoms with E-state index in [1.54, 1.807) is 48.5 Å². The van der Waals surface area contributed by atoms with Gasteiger partial charge in [0.05, 0.1) is 61.2 Å². The van der Waals surface area contributed by atoms with Crippen LogP contribution in [0.2, 0.25) is 0 Å². The van der Waals surface area contributed by atoms with Gasteiger partial charge in [-0.3, -0.25) is 9.59 Å². The predicted octanol–water partition coefficient (Wildman–Crippen LogP) is 8.13. The van der Waals surface area contributed by atoms with Gasteiger partial charge in [-0.25, -0.2) is 9.59 Å². The summed E-state index contributed by atoms with van der Waals surface area (Å²) in [6.07, 6.45) is 14.6. The topological polar surface area (TPSA) is 164 Å². The maximum absolute atomic E-state index is 10.8. The van der Waals surface area contributed by atoms with Crippen LogP contribution in [0.25, 0.3) is 0 Å². The van der Waals surface area contributed by atoms with Crippen molar-refractivity contribution < 1.29 is 73.8 Å². The number of rotatable bonds is 25. The Morgan fingerprint density at radius 2 is 0.962 bits per heavy atom. The molecule has 2 aromatic carbocycles. The summed E-state index contributed by atoms with van der Waals surface area (Å²) in [5.41, 5.74) is 1.20. The van der Waals surface area contributed by atoms with Crippen molar-refractivity contribution >= 4 is 23.5 Å². The summed E-state index contributed by atoms with van der Waals surface area (Å²) in [7, 11) is 0. The van der Waals surface area contributed by atoms with E-state index in [9.17, 15) is 19.2 Å². The second kappa shape index (κ2) is 30.2. The Bertz CT molecular complexity index is 1410. The minimum absolute atomic E-state index is 0. The van der Waals surface area contributed by atoms with Gasteiger partial charge < -0.3 is 29.3 Å². The van der Waals surface area contributed by atoms with Crippen LogP contribution in [0.4, 0.5) is 0 Å². The molecular weight excluding hydrogens is 763 g/mol. The second-order valence-corrected chi connectivity index (χ2v) is 11.4. The van der Waals surface area contributed by atoms with Crippen molar-refractivity contribution in [2.45, 2.75) is 78.1 Å². The smallest absolute Gasteiger partial charge is 0.350 e. The molecule has 12 heteroatoms. The Morgan fingerprint density at radius 1 is 0.596 bits per heavy atom. The summed E-state index contributed by atoms with van der Waals surface area (Å²) < 4.78 is 15.5. The molecule has 0 aromatic heterocycles. The van der Waals surface area contributed by atoms with Crippen molar-refractivity contribution in [3.05, 3.63) is 109 Å². The first-order valence-electron chi connectivity index (χ1n) is 17.1. The number of unbranched alkanes of at least 4 members (excludes halogenated alkanes) is 8. The van der Waals surface area contributed by atoms with E-state index in [-0.39, 0.29) is 55.4 Å². The van der Waals surface area contributed by atoms with Gasteiger partial charge >= 0.3 is 23.5 Å². The molecule has 52 heavy (non-hydrogen) atoms. The standard InChI is InChI=1S/C20H26O6.C20H26O5.Pd/c1-3-20(23)24-13-7-5-4-6-8-14-25-26-18-11-9-17(10-12-18)19(22)15-16(2)21;1-3-20(23)25-14-8-6-4-5-7-13-24-18-11-9-17(10-12-18)19(22)15-16(2)21;/h3,9-12,15,21H,1,4-8,13-14H2,2H3;3,9-12,15,21H,1,4-8,13-14H2,2H3;/p+2/b2*16-15-;. The minimum Gasteiger partial charge on any atom is -0.512 e. The Morgan fingerprint density at radius 3 is 1.37 bits per heavy atom. The fraction of sp³-hybridized carbons (Fsp3) is 0.400. The molecule has 2 aromatic rings. The molecule has 288 valence electrons. The van der Waals surface area contributed by atoms with E-state index >= 15 is 0 Å². The van der Waals surface area contributed by atoms with E-state index in [4.69, 9.17) is 34.2 Å². The molecule has 0 bridgehead atoms. The Labute approximate surface area is 320 Å². The number of ketones is 2. The summed E-state index contributed by atoms with van der Waals surface area (Å²) in [4.78, 5) is 51.5. The first kappa shape index (κ1) is 47.5. The van der Waals surface area contributed by atoms with Gasteiger partial charge in [0.1, 0.15) is 5.75 Å². The van der Waals surface area contributed by atoms with Crippen LogP contribution in [0, 0.1) is 0 Å². The van der Waals surface area contributed by atoms with Crippen molar-refractivity contribution in [1.29, 1.82) is 0 Å². The van der Waals surface area contributed by atoms with Gasteiger partial charge in [-0.05, 0) is 88.1 Å². The SMILES string of the molecule is C=CC(=O)OCCCCCCCOOc1ccc(C(=[OH+])/C=C(/C)O)cc1.C=CC(=O)OCCCCCCCOc1ccc(C(=[OH+])/C=C(/C)O)cc1.[Pd]. The van der Waals surface area contributed by atoms with E-state index in [2.05, 4.69) is 13.2 Å². The Balaban J connectivity index is 0.000000982. The summed E-state index contributed by atoms with van der Waals surface area (Å²) in [5.74, 6) is 0.625. The molecule has 0 saturated carbocycles. The maximum Gasteiger partial charge on any atom is 0.350 e. The average Bonchev–Trinajstić information content (AvgIpc) is 3.11. The number of aliphatic hydroxyl groups excluding tert-OH is 2. The molecule has 0 aliphatic heterocycles. The summed E-state index contributed by atoms with van der Waals surface area (Å²) in [5, 5.41) is 18.3. The van der Waals surface area contributed by atoms with E-state index in [1.165, 1.54) is 38.2 Å².